The Morgan fingerprint density at radius 2 is 1.65 bits per heavy atom. The number of benzene rings is 1. The van der Waals surface area contributed by atoms with E-state index in [0.717, 1.165) is 19.5 Å². The Labute approximate surface area is 141 Å². The Morgan fingerprint density at radius 3 is 2.20 bits per heavy atom. The summed E-state index contributed by atoms with van der Waals surface area (Å²) in [5, 5.41) is 10.1. The minimum Gasteiger partial charge on any atom is -0.390 e. The van der Waals surface area contributed by atoms with Crippen molar-refractivity contribution in [3.63, 3.8) is 0 Å². The number of nitrogens with zero attached hydrogens (tertiary/aromatic N) is 1. The molecule has 0 saturated carbocycles. The van der Waals surface area contributed by atoms with Crippen molar-refractivity contribution in [3.05, 3.63) is 35.9 Å². The topological polar surface area (TPSA) is 49.5 Å². The highest BCUT2D eigenvalue weighted by atomic mass is 35.5. The van der Waals surface area contributed by atoms with Gasteiger partial charge < -0.3 is 15.7 Å². The standard InChI is InChI=1S/C14H22N2O.2ClH.H2S/c15-13(10-12-6-2-1-3-7-12)14(17)11-16-8-4-5-9-16;;;/h1-3,6-7,13-14,17H,4-5,8-11,15H2;2*1H;1H2/t13-,14+;;;/m1.../s1. The molecule has 118 valence electrons. The molecule has 0 aromatic heterocycles. The van der Waals surface area contributed by atoms with Crippen LogP contribution >= 0.6 is 38.3 Å². The summed E-state index contributed by atoms with van der Waals surface area (Å²) in [4.78, 5) is 2.30. The SMILES string of the molecule is Cl.Cl.N[C@H](Cc1ccccc1)[C@@H](O)CN1CCCC1.S. The molecule has 1 aliphatic heterocycles. The zero-order valence-corrected chi connectivity index (χ0v) is 14.2. The first-order chi connectivity index (χ1) is 8.25. The first-order valence-corrected chi connectivity index (χ1v) is 6.45. The number of rotatable bonds is 5. The maximum Gasteiger partial charge on any atom is 0.0820 e. The normalized spacial score (nSPS) is 17.3. The van der Waals surface area contributed by atoms with Crippen LogP contribution in [0, 0.1) is 0 Å². The molecule has 1 fully saturated rings. The fourth-order valence-electron chi connectivity index (χ4n) is 2.39. The van der Waals surface area contributed by atoms with Crippen LogP contribution < -0.4 is 5.73 Å². The maximum atomic E-state index is 10.1. The van der Waals surface area contributed by atoms with Crippen LogP contribution in [-0.2, 0) is 6.42 Å². The van der Waals surface area contributed by atoms with Crippen LogP contribution in [0.4, 0.5) is 0 Å². The molecule has 0 amide bonds. The smallest absolute Gasteiger partial charge is 0.0820 e. The van der Waals surface area contributed by atoms with E-state index in [1.54, 1.807) is 0 Å². The van der Waals surface area contributed by atoms with Gasteiger partial charge in [0, 0.05) is 12.6 Å². The molecule has 0 spiro atoms. The second-order valence-electron chi connectivity index (χ2n) is 4.93. The maximum absolute atomic E-state index is 10.1. The lowest BCUT2D eigenvalue weighted by Gasteiger charge is -2.24. The van der Waals surface area contributed by atoms with E-state index in [1.807, 2.05) is 18.2 Å². The Morgan fingerprint density at radius 1 is 1.10 bits per heavy atom. The second-order valence-corrected chi connectivity index (χ2v) is 4.93. The average molecular weight is 341 g/mol. The number of hydrogen-bond acceptors (Lipinski definition) is 3. The van der Waals surface area contributed by atoms with E-state index in [-0.39, 0.29) is 44.4 Å². The van der Waals surface area contributed by atoms with Crippen LogP contribution in [-0.4, -0.2) is 41.8 Å². The highest BCUT2D eigenvalue weighted by Crippen LogP contribution is 2.10. The average Bonchev–Trinajstić information content (AvgIpc) is 2.83. The van der Waals surface area contributed by atoms with E-state index in [0.29, 0.717) is 6.54 Å². The van der Waals surface area contributed by atoms with Crippen molar-refractivity contribution in [2.24, 2.45) is 5.73 Å². The van der Waals surface area contributed by atoms with E-state index in [9.17, 15) is 5.11 Å². The molecule has 3 N–H and O–H groups in total. The largest absolute Gasteiger partial charge is 0.390 e. The van der Waals surface area contributed by atoms with Crippen LogP contribution in [0.5, 0.6) is 0 Å². The van der Waals surface area contributed by atoms with Gasteiger partial charge in [-0.05, 0) is 37.9 Å². The molecule has 6 heteroatoms. The van der Waals surface area contributed by atoms with Crippen LogP contribution in [0.25, 0.3) is 0 Å². The lowest BCUT2D eigenvalue weighted by molar-refractivity contribution is 0.101. The Balaban J connectivity index is 0. The molecular formula is C14H26Cl2N2OS. The van der Waals surface area contributed by atoms with Crippen molar-refractivity contribution in [1.82, 2.24) is 4.90 Å². The number of nitrogens with two attached hydrogens (primary N) is 1. The molecule has 0 radical (unpaired) electrons. The first kappa shape index (κ1) is 22.3. The van der Waals surface area contributed by atoms with Gasteiger partial charge >= 0.3 is 0 Å². The summed E-state index contributed by atoms with van der Waals surface area (Å²) >= 11 is 0. The van der Waals surface area contributed by atoms with Crippen molar-refractivity contribution in [1.29, 1.82) is 0 Å². The predicted molar refractivity (Wildman–Crippen MR) is 94.7 cm³/mol. The molecule has 0 bridgehead atoms. The Hall–Kier alpha value is 0.0300. The van der Waals surface area contributed by atoms with Crippen molar-refractivity contribution < 1.29 is 5.11 Å². The van der Waals surface area contributed by atoms with Crippen molar-refractivity contribution >= 4 is 38.3 Å². The molecule has 1 saturated heterocycles. The van der Waals surface area contributed by atoms with Gasteiger partial charge in [0.15, 0.2) is 0 Å². The van der Waals surface area contributed by atoms with E-state index < -0.39 is 6.10 Å². The van der Waals surface area contributed by atoms with Crippen molar-refractivity contribution in [2.45, 2.75) is 31.4 Å². The summed E-state index contributed by atoms with van der Waals surface area (Å²) in [5.74, 6) is 0. The number of β-amino-alcohol motifs (C(OH)–C–C–N with tert-alkyl or cyclic N) is 1. The van der Waals surface area contributed by atoms with Gasteiger partial charge in [-0.3, -0.25) is 0 Å². The van der Waals surface area contributed by atoms with Crippen LogP contribution in [0.15, 0.2) is 30.3 Å². The summed E-state index contributed by atoms with van der Waals surface area (Å²) in [6.07, 6.45) is 2.82. The van der Waals surface area contributed by atoms with Crippen molar-refractivity contribution in [3.8, 4) is 0 Å². The van der Waals surface area contributed by atoms with Crippen LogP contribution in [0.1, 0.15) is 18.4 Å². The second kappa shape index (κ2) is 11.7. The van der Waals surface area contributed by atoms with Gasteiger partial charge in [0.25, 0.3) is 0 Å². The number of aliphatic hydroxyl groups excluding tert-OH is 1. The Bertz CT molecular complexity index is 337. The number of halogens is 2. The van der Waals surface area contributed by atoms with E-state index in [4.69, 9.17) is 5.73 Å². The van der Waals surface area contributed by atoms with Gasteiger partial charge in [-0.15, -0.1) is 24.8 Å². The summed E-state index contributed by atoms with van der Waals surface area (Å²) in [5.41, 5.74) is 7.25. The third-order valence-corrected chi connectivity index (χ3v) is 3.45. The van der Waals surface area contributed by atoms with E-state index in [1.165, 1.54) is 18.4 Å². The van der Waals surface area contributed by atoms with E-state index >= 15 is 0 Å². The summed E-state index contributed by atoms with van der Waals surface area (Å²) in [6.45, 7) is 2.93. The molecule has 3 nitrogen and oxygen atoms in total. The fraction of sp³-hybridized carbons (Fsp3) is 0.571. The molecule has 0 aliphatic carbocycles. The minimum absolute atomic E-state index is 0. The lowest BCUT2D eigenvalue weighted by Crippen LogP contribution is -2.43. The minimum atomic E-state index is -0.423. The highest BCUT2D eigenvalue weighted by molar-refractivity contribution is 7.59. The van der Waals surface area contributed by atoms with Gasteiger partial charge in [-0.1, -0.05) is 30.3 Å². The van der Waals surface area contributed by atoms with Gasteiger partial charge in [-0.25, -0.2) is 0 Å². The summed E-state index contributed by atoms with van der Waals surface area (Å²) < 4.78 is 0. The molecule has 1 aliphatic rings. The fourth-order valence-corrected chi connectivity index (χ4v) is 2.39. The first-order valence-electron chi connectivity index (χ1n) is 6.45. The quantitative estimate of drug-likeness (QED) is 0.861. The number of aliphatic hydroxyl groups is 1. The van der Waals surface area contributed by atoms with Crippen LogP contribution in [0.3, 0.4) is 0 Å². The molecular weight excluding hydrogens is 315 g/mol. The lowest BCUT2D eigenvalue weighted by atomic mass is 10.0. The Kier molecular flexibility index (Phi) is 13.0. The van der Waals surface area contributed by atoms with Gasteiger partial charge in [-0.2, -0.15) is 13.5 Å². The van der Waals surface area contributed by atoms with Crippen LogP contribution in [0.2, 0.25) is 0 Å². The van der Waals surface area contributed by atoms with Crippen molar-refractivity contribution in [2.75, 3.05) is 19.6 Å². The molecule has 2 atom stereocenters. The molecule has 1 aromatic rings. The van der Waals surface area contributed by atoms with Gasteiger partial charge in [0.05, 0.1) is 6.10 Å². The van der Waals surface area contributed by atoms with E-state index in [2.05, 4.69) is 17.0 Å². The third-order valence-electron chi connectivity index (χ3n) is 3.45. The molecule has 1 heterocycles. The zero-order valence-electron chi connectivity index (χ0n) is 11.6. The number of hydrogen-bond donors (Lipinski definition) is 2. The zero-order chi connectivity index (χ0) is 12.1. The molecule has 0 unspecified atom stereocenters. The molecule has 2 rings (SSSR count). The molecule has 1 aromatic carbocycles. The summed E-state index contributed by atoms with van der Waals surface area (Å²) in [6, 6.07) is 9.96. The van der Waals surface area contributed by atoms with Gasteiger partial charge in [0.2, 0.25) is 0 Å². The third kappa shape index (κ3) is 7.16. The van der Waals surface area contributed by atoms with Gasteiger partial charge in [0.1, 0.15) is 0 Å². The molecule has 20 heavy (non-hydrogen) atoms. The highest BCUT2D eigenvalue weighted by Gasteiger charge is 2.20. The number of likely N-dealkylation sites (tertiary alicyclic amines) is 1. The monoisotopic (exact) mass is 340 g/mol. The predicted octanol–water partition coefficient (Wildman–Crippen LogP) is 1.97. The summed E-state index contributed by atoms with van der Waals surface area (Å²) in [7, 11) is 0.